The summed E-state index contributed by atoms with van der Waals surface area (Å²) in [5.74, 6) is -1.02. The molecule has 2 rings (SSSR count). The van der Waals surface area contributed by atoms with E-state index in [4.69, 9.17) is 0 Å². The van der Waals surface area contributed by atoms with E-state index in [1.54, 1.807) is 0 Å². The number of amides is 2. The van der Waals surface area contributed by atoms with Crippen LogP contribution in [-0.2, 0) is 14.4 Å². The first-order chi connectivity index (χ1) is 11.0. The van der Waals surface area contributed by atoms with Crippen LogP contribution in [0.2, 0.25) is 0 Å². The molecule has 0 saturated carbocycles. The summed E-state index contributed by atoms with van der Waals surface area (Å²) in [6.07, 6.45) is 5.72. The van der Waals surface area contributed by atoms with Gasteiger partial charge in [-0.25, -0.2) is 4.79 Å². The Morgan fingerprint density at radius 2 is 2.04 bits per heavy atom. The fourth-order valence-corrected chi connectivity index (χ4v) is 4.27. The highest BCUT2D eigenvalue weighted by Gasteiger charge is 2.56. The van der Waals surface area contributed by atoms with Crippen LogP contribution in [0.4, 0.5) is 0 Å². The second-order valence-electron chi connectivity index (χ2n) is 6.06. The molecular formula is C16H24N2O4S. The molecule has 23 heavy (non-hydrogen) atoms. The van der Waals surface area contributed by atoms with Gasteiger partial charge in [0.25, 0.3) is 0 Å². The van der Waals surface area contributed by atoms with Gasteiger partial charge in [-0.05, 0) is 12.0 Å². The highest BCUT2D eigenvalue weighted by Crippen LogP contribution is 2.39. The number of hydrogen-bond acceptors (Lipinski definition) is 4. The van der Waals surface area contributed by atoms with Crippen molar-refractivity contribution in [1.82, 2.24) is 10.2 Å². The van der Waals surface area contributed by atoms with Crippen LogP contribution in [0.3, 0.4) is 0 Å². The predicted octanol–water partition coefficient (Wildman–Crippen LogP) is 1.76. The summed E-state index contributed by atoms with van der Waals surface area (Å²) >= 11 is 1.46. The van der Waals surface area contributed by atoms with Crippen LogP contribution in [0.15, 0.2) is 12.2 Å². The average molecular weight is 340 g/mol. The van der Waals surface area contributed by atoms with Crippen molar-refractivity contribution in [3.63, 3.8) is 0 Å². The van der Waals surface area contributed by atoms with Gasteiger partial charge in [0.1, 0.15) is 11.4 Å². The molecule has 2 saturated heterocycles. The molecule has 2 unspecified atom stereocenters. The Morgan fingerprint density at radius 3 is 2.70 bits per heavy atom. The molecule has 2 N–H and O–H groups in total. The fraction of sp³-hybridized carbons (Fsp3) is 0.688. The molecule has 128 valence electrons. The number of nitrogens with one attached hydrogen (secondary N) is 1. The van der Waals surface area contributed by atoms with E-state index in [-0.39, 0.29) is 17.2 Å². The van der Waals surface area contributed by atoms with Crippen molar-refractivity contribution in [2.75, 3.05) is 5.75 Å². The summed E-state index contributed by atoms with van der Waals surface area (Å²) in [7, 11) is 0. The van der Waals surface area contributed by atoms with Gasteiger partial charge in [0.05, 0.1) is 0 Å². The van der Waals surface area contributed by atoms with E-state index < -0.39 is 18.1 Å². The fourth-order valence-electron chi connectivity index (χ4n) is 2.97. The molecule has 0 aromatic carbocycles. The van der Waals surface area contributed by atoms with Crippen LogP contribution >= 0.6 is 11.8 Å². The minimum Gasteiger partial charge on any atom is -0.479 e. The van der Waals surface area contributed by atoms with Gasteiger partial charge in [-0.15, -0.1) is 11.8 Å². The van der Waals surface area contributed by atoms with E-state index in [1.807, 2.05) is 0 Å². The molecule has 2 aliphatic heterocycles. The van der Waals surface area contributed by atoms with Gasteiger partial charge in [-0.1, -0.05) is 39.2 Å². The van der Waals surface area contributed by atoms with Crippen LogP contribution in [-0.4, -0.2) is 51.0 Å². The number of carboxylic acids is 1. The van der Waals surface area contributed by atoms with E-state index in [1.165, 1.54) is 23.1 Å². The lowest BCUT2D eigenvalue weighted by molar-refractivity contribution is -0.160. The number of unbranched alkanes of at least 4 members (excludes halogenated alkanes) is 4. The van der Waals surface area contributed by atoms with Gasteiger partial charge in [0.2, 0.25) is 11.8 Å². The molecule has 0 aromatic heterocycles. The molecule has 0 aromatic rings. The zero-order chi connectivity index (χ0) is 17.0. The molecule has 7 heteroatoms. The standard InChI is InChI=1S/C16H24N2O4S/c1-3-4-5-6-7-8-11(19)17-12-14(20)18-13(16(21)22)10(2)9-23-15(12)18/h12-13,15H,2-9H2,1H3,(H,17,19)(H,21,22)/t12?,13?,15-/m0/s1. The van der Waals surface area contributed by atoms with Gasteiger partial charge in [0.15, 0.2) is 6.04 Å². The summed E-state index contributed by atoms with van der Waals surface area (Å²) in [4.78, 5) is 36.8. The molecule has 2 amide bonds. The van der Waals surface area contributed by atoms with Crippen molar-refractivity contribution < 1.29 is 19.5 Å². The van der Waals surface area contributed by atoms with Crippen molar-refractivity contribution in [3.8, 4) is 0 Å². The Labute approximate surface area is 140 Å². The Balaban J connectivity index is 1.82. The Morgan fingerprint density at radius 1 is 1.35 bits per heavy atom. The summed E-state index contributed by atoms with van der Waals surface area (Å²) in [6, 6.07) is -1.56. The van der Waals surface area contributed by atoms with Gasteiger partial charge in [-0.3, -0.25) is 9.59 Å². The molecule has 3 atom stereocenters. The average Bonchev–Trinajstić information content (AvgIpc) is 2.51. The van der Waals surface area contributed by atoms with Crippen LogP contribution < -0.4 is 5.32 Å². The minimum atomic E-state index is -1.06. The van der Waals surface area contributed by atoms with Crippen LogP contribution in [0.5, 0.6) is 0 Å². The number of carboxylic acid groups (broad SMARTS) is 1. The van der Waals surface area contributed by atoms with E-state index in [0.29, 0.717) is 17.7 Å². The number of fused-ring (bicyclic) bond motifs is 1. The third kappa shape index (κ3) is 3.88. The monoisotopic (exact) mass is 340 g/mol. The first kappa shape index (κ1) is 17.8. The Kier molecular flexibility index (Phi) is 6.10. The number of rotatable bonds is 8. The highest BCUT2D eigenvalue weighted by atomic mass is 32.2. The molecule has 0 radical (unpaired) electrons. The van der Waals surface area contributed by atoms with E-state index in [9.17, 15) is 19.5 Å². The molecule has 0 aliphatic carbocycles. The highest BCUT2D eigenvalue weighted by molar-refractivity contribution is 8.00. The van der Waals surface area contributed by atoms with Crippen LogP contribution in [0.25, 0.3) is 0 Å². The van der Waals surface area contributed by atoms with E-state index in [0.717, 1.165) is 25.7 Å². The third-order valence-electron chi connectivity index (χ3n) is 4.24. The topological polar surface area (TPSA) is 86.7 Å². The molecule has 0 bridgehead atoms. The number of thioether (sulfide) groups is 1. The van der Waals surface area contributed by atoms with E-state index >= 15 is 0 Å². The lowest BCUT2D eigenvalue weighted by atomic mass is 9.98. The second kappa shape index (κ2) is 7.86. The Bertz CT molecular complexity index is 508. The maximum absolute atomic E-state index is 12.2. The number of carbonyl (C=O) groups is 3. The van der Waals surface area contributed by atoms with Crippen molar-refractivity contribution in [2.45, 2.75) is 62.9 Å². The number of β-lactam (4-membered cyclic amide) rings is 1. The molecule has 6 nitrogen and oxygen atoms in total. The van der Waals surface area contributed by atoms with Gasteiger partial charge < -0.3 is 15.3 Å². The SMILES string of the molecule is C=C1CS[C@H]2C(NC(=O)CCCCCCC)C(=O)N2C1C(=O)O. The van der Waals surface area contributed by atoms with Crippen molar-refractivity contribution in [2.24, 2.45) is 0 Å². The summed E-state index contributed by atoms with van der Waals surface area (Å²) in [6.45, 7) is 5.88. The molecular weight excluding hydrogens is 316 g/mol. The zero-order valence-electron chi connectivity index (χ0n) is 13.4. The number of aliphatic carboxylic acids is 1. The lowest BCUT2D eigenvalue weighted by Gasteiger charge is -2.52. The first-order valence-corrected chi connectivity index (χ1v) is 9.15. The Hall–Kier alpha value is -1.50. The van der Waals surface area contributed by atoms with Crippen LogP contribution in [0.1, 0.15) is 45.4 Å². The summed E-state index contributed by atoms with van der Waals surface area (Å²) in [5.41, 5.74) is 0.521. The summed E-state index contributed by atoms with van der Waals surface area (Å²) < 4.78 is 0. The number of hydrogen-bond donors (Lipinski definition) is 2. The van der Waals surface area contributed by atoms with E-state index in [2.05, 4.69) is 18.8 Å². The van der Waals surface area contributed by atoms with Gasteiger partial charge in [-0.2, -0.15) is 0 Å². The van der Waals surface area contributed by atoms with Gasteiger partial charge in [0, 0.05) is 12.2 Å². The maximum atomic E-state index is 12.2. The normalized spacial score (nSPS) is 26.5. The quantitative estimate of drug-likeness (QED) is 0.399. The molecule has 2 heterocycles. The third-order valence-corrected chi connectivity index (χ3v) is 5.62. The number of nitrogens with zero attached hydrogens (tertiary/aromatic N) is 1. The second-order valence-corrected chi connectivity index (χ2v) is 7.16. The molecule has 0 spiro atoms. The first-order valence-electron chi connectivity index (χ1n) is 8.11. The van der Waals surface area contributed by atoms with Crippen molar-refractivity contribution in [1.29, 1.82) is 0 Å². The predicted molar refractivity (Wildman–Crippen MR) is 89.0 cm³/mol. The summed E-state index contributed by atoms with van der Waals surface area (Å²) in [5, 5.41) is 11.7. The molecule has 2 aliphatic rings. The number of carbonyl (C=O) groups excluding carboxylic acids is 2. The van der Waals surface area contributed by atoms with Gasteiger partial charge >= 0.3 is 5.97 Å². The van der Waals surface area contributed by atoms with Crippen molar-refractivity contribution >= 4 is 29.5 Å². The lowest BCUT2D eigenvalue weighted by Crippen LogP contribution is -2.74. The van der Waals surface area contributed by atoms with Crippen LogP contribution in [0, 0.1) is 0 Å². The smallest absolute Gasteiger partial charge is 0.330 e. The van der Waals surface area contributed by atoms with Crippen molar-refractivity contribution in [3.05, 3.63) is 12.2 Å². The molecule has 2 fully saturated rings. The maximum Gasteiger partial charge on any atom is 0.330 e. The zero-order valence-corrected chi connectivity index (χ0v) is 14.2. The largest absolute Gasteiger partial charge is 0.479 e. The minimum absolute atomic E-state index is 0.128.